The summed E-state index contributed by atoms with van der Waals surface area (Å²) in [7, 11) is -3.56. The van der Waals surface area contributed by atoms with Gasteiger partial charge in [0.1, 0.15) is 5.82 Å². The molecule has 1 saturated heterocycles. The fraction of sp³-hybridized carbons (Fsp3) is 0.455. The smallest absolute Gasteiger partial charge is 0.228 e. The number of anilines is 1. The maximum atomic E-state index is 11.9. The third-order valence-corrected chi connectivity index (χ3v) is 4.41. The van der Waals surface area contributed by atoms with E-state index in [1.165, 1.54) is 4.90 Å². The number of rotatable bonds is 3. The highest BCUT2D eigenvalue weighted by atomic mass is 79.9. The average Bonchev–Trinajstić information content (AvgIpc) is 2.56. The summed E-state index contributed by atoms with van der Waals surface area (Å²) in [6, 6.07) is 1.86. The van der Waals surface area contributed by atoms with Crippen molar-refractivity contribution in [2.45, 2.75) is 13.3 Å². The van der Waals surface area contributed by atoms with Crippen LogP contribution in [-0.4, -0.2) is 31.6 Å². The summed E-state index contributed by atoms with van der Waals surface area (Å²) in [5.74, 6) is -0.0747. The molecule has 2 heterocycles. The number of nitrogens with zero attached hydrogens (tertiary/aromatic N) is 2. The lowest BCUT2D eigenvalue weighted by atomic mass is 10.1. The summed E-state index contributed by atoms with van der Waals surface area (Å²) in [5, 5.41) is 5.01. The van der Waals surface area contributed by atoms with Crippen molar-refractivity contribution >= 4 is 37.7 Å². The van der Waals surface area contributed by atoms with Crippen molar-refractivity contribution in [1.82, 2.24) is 4.98 Å². The van der Waals surface area contributed by atoms with E-state index in [1.54, 1.807) is 6.20 Å². The van der Waals surface area contributed by atoms with Gasteiger partial charge in [-0.2, -0.15) is 0 Å². The highest BCUT2D eigenvalue weighted by molar-refractivity contribution is 9.10. The zero-order chi connectivity index (χ0) is 14.2. The van der Waals surface area contributed by atoms with Crippen LogP contribution in [0.1, 0.15) is 12.0 Å². The van der Waals surface area contributed by atoms with Crippen LogP contribution < -0.4 is 10.0 Å². The molecule has 0 aliphatic carbocycles. The van der Waals surface area contributed by atoms with Crippen molar-refractivity contribution in [3.05, 3.63) is 22.3 Å². The molecule has 19 heavy (non-hydrogen) atoms. The van der Waals surface area contributed by atoms with Crippen LogP contribution in [0.4, 0.5) is 5.82 Å². The number of amides is 1. The van der Waals surface area contributed by atoms with Gasteiger partial charge in [0.15, 0.2) is 0 Å². The Bertz CT molecular complexity index is 618. The molecule has 2 rings (SSSR count). The van der Waals surface area contributed by atoms with Gasteiger partial charge in [0, 0.05) is 25.1 Å². The van der Waals surface area contributed by atoms with Crippen molar-refractivity contribution in [3.8, 4) is 0 Å². The molecule has 0 spiro atoms. The number of aromatic nitrogens is 1. The van der Waals surface area contributed by atoms with Gasteiger partial charge in [0.25, 0.3) is 0 Å². The SMILES string of the molecule is Cc1cnc(N2CC(CS(N)(=O)=O)CC2=O)c(Br)c1. The first kappa shape index (κ1) is 14.4. The molecule has 1 aromatic rings. The summed E-state index contributed by atoms with van der Waals surface area (Å²) in [5.41, 5.74) is 0.975. The zero-order valence-corrected chi connectivity index (χ0v) is 12.7. The Morgan fingerprint density at radius 3 is 2.84 bits per heavy atom. The van der Waals surface area contributed by atoms with Crippen molar-refractivity contribution in [3.63, 3.8) is 0 Å². The van der Waals surface area contributed by atoms with Gasteiger partial charge in [0.2, 0.25) is 15.9 Å². The second-order valence-corrected chi connectivity index (χ2v) is 7.24. The van der Waals surface area contributed by atoms with Gasteiger partial charge >= 0.3 is 0 Å². The number of sulfonamides is 1. The molecular formula is C11H14BrN3O3S. The van der Waals surface area contributed by atoms with E-state index in [0.29, 0.717) is 12.4 Å². The summed E-state index contributed by atoms with van der Waals surface area (Å²) in [6.07, 6.45) is 1.85. The normalized spacial score (nSPS) is 20.1. The first-order valence-corrected chi connectivity index (χ1v) is 8.20. The Morgan fingerprint density at radius 2 is 2.26 bits per heavy atom. The van der Waals surface area contributed by atoms with E-state index in [1.807, 2.05) is 13.0 Å². The third-order valence-electron chi connectivity index (χ3n) is 2.89. The Hall–Kier alpha value is -0.990. The Morgan fingerprint density at radius 1 is 1.58 bits per heavy atom. The molecule has 1 fully saturated rings. The van der Waals surface area contributed by atoms with Crippen LogP contribution in [-0.2, 0) is 14.8 Å². The van der Waals surface area contributed by atoms with Crippen LogP contribution in [0.3, 0.4) is 0 Å². The number of aryl methyl sites for hydroxylation is 1. The minimum atomic E-state index is -3.56. The van der Waals surface area contributed by atoms with Crippen LogP contribution >= 0.6 is 15.9 Å². The second-order valence-electron chi connectivity index (χ2n) is 4.72. The molecule has 1 aliphatic rings. The molecule has 0 bridgehead atoms. The highest BCUT2D eigenvalue weighted by Gasteiger charge is 2.34. The van der Waals surface area contributed by atoms with Crippen LogP contribution in [0.2, 0.25) is 0 Å². The molecule has 104 valence electrons. The number of carbonyl (C=O) groups excluding carboxylic acids is 1. The predicted octanol–water partition coefficient (Wildman–Crippen LogP) is 0.794. The molecule has 0 saturated carbocycles. The molecule has 1 aromatic heterocycles. The van der Waals surface area contributed by atoms with E-state index in [0.717, 1.165) is 10.0 Å². The molecule has 8 heteroatoms. The Kier molecular flexibility index (Phi) is 3.93. The molecule has 2 N–H and O–H groups in total. The van der Waals surface area contributed by atoms with Crippen LogP contribution in [0, 0.1) is 12.8 Å². The minimum Gasteiger partial charge on any atom is -0.296 e. The lowest BCUT2D eigenvalue weighted by molar-refractivity contribution is -0.117. The summed E-state index contributed by atoms with van der Waals surface area (Å²) < 4.78 is 22.9. The Balaban J connectivity index is 2.20. The monoisotopic (exact) mass is 347 g/mol. The molecule has 1 amide bonds. The van der Waals surface area contributed by atoms with Gasteiger partial charge in [-0.15, -0.1) is 0 Å². The first-order chi connectivity index (χ1) is 8.76. The van der Waals surface area contributed by atoms with Gasteiger partial charge in [-0.25, -0.2) is 18.5 Å². The largest absolute Gasteiger partial charge is 0.296 e. The second kappa shape index (κ2) is 5.18. The van der Waals surface area contributed by atoms with Gasteiger partial charge in [-0.3, -0.25) is 9.69 Å². The summed E-state index contributed by atoms with van der Waals surface area (Å²) in [4.78, 5) is 17.7. The van der Waals surface area contributed by atoms with Crippen molar-refractivity contribution in [1.29, 1.82) is 0 Å². The van der Waals surface area contributed by atoms with Crippen LogP contribution in [0.5, 0.6) is 0 Å². The van der Waals surface area contributed by atoms with E-state index in [4.69, 9.17) is 5.14 Å². The maximum Gasteiger partial charge on any atom is 0.228 e. The number of primary sulfonamides is 1. The fourth-order valence-electron chi connectivity index (χ4n) is 2.15. The predicted molar refractivity (Wildman–Crippen MR) is 75.1 cm³/mol. The number of nitrogens with two attached hydrogens (primary N) is 1. The number of carbonyl (C=O) groups is 1. The molecule has 1 unspecified atom stereocenters. The van der Waals surface area contributed by atoms with E-state index in [2.05, 4.69) is 20.9 Å². The van der Waals surface area contributed by atoms with Crippen LogP contribution in [0.15, 0.2) is 16.7 Å². The zero-order valence-electron chi connectivity index (χ0n) is 10.3. The maximum absolute atomic E-state index is 11.9. The molecule has 0 aromatic carbocycles. The standard InChI is InChI=1S/C11H14BrN3O3S/c1-7-2-9(12)11(14-4-7)15-5-8(3-10(15)16)6-19(13,17)18/h2,4,8H,3,5-6H2,1H3,(H2,13,17,18). The lowest BCUT2D eigenvalue weighted by Crippen LogP contribution is -2.28. The van der Waals surface area contributed by atoms with E-state index in [9.17, 15) is 13.2 Å². The molecular weight excluding hydrogens is 334 g/mol. The minimum absolute atomic E-state index is 0.134. The number of hydrogen-bond donors (Lipinski definition) is 1. The average molecular weight is 348 g/mol. The van der Waals surface area contributed by atoms with Crippen molar-refractivity contribution in [2.24, 2.45) is 11.1 Å². The lowest BCUT2D eigenvalue weighted by Gasteiger charge is -2.17. The van der Waals surface area contributed by atoms with Gasteiger partial charge < -0.3 is 0 Å². The molecule has 1 aliphatic heterocycles. The molecule has 0 radical (unpaired) electrons. The van der Waals surface area contributed by atoms with E-state index < -0.39 is 10.0 Å². The van der Waals surface area contributed by atoms with Gasteiger partial charge in [-0.1, -0.05) is 0 Å². The molecule has 1 atom stereocenters. The number of pyridine rings is 1. The molecule has 6 nitrogen and oxygen atoms in total. The van der Waals surface area contributed by atoms with Gasteiger partial charge in [-0.05, 0) is 34.5 Å². The topological polar surface area (TPSA) is 93.4 Å². The van der Waals surface area contributed by atoms with Gasteiger partial charge in [0.05, 0.1) is 10.2 Å². The number of hydrogen-bond acceptors (Lipinski definition) is 4. The van der Waals surface area contributed by atoms with Crippen molar-refractivity contribution < 1.29 is 13.2 Å². The van der Waals surface area contributed by atoms with Crippen LogP contribution in [0.25, 0.3) is 0 Å². The fourth-order valence-corrected chi connectivity index (χ4v) is 3.71. The van der Waals surface area contributed by atoms with E-state index >= 15 is 0 Å². The summed E-state index contributed by atoms with van der Waals surface area (Å²) in [6.45, 7) is 2.22. The van der Waals surface area contributed by atoms with E-state index in [-0.39, 0.29) is 24.0 Å². The number of halogens is 1. The van der Waals surface area contributed by atoms with Crippen molar-refractivity contribution in [2.75, 3.05) is 17.2 Å². The third kappa shape index (κ3) is 3.52. The highest BCUT2D eigenvalue weighted by Crippen LogP contribution is 2.30. The quantitative estimate of drug-likeness (QED) is 0.874. The summed E-state index contributed by atoms with van der Waals surface area (Å²) >= 11 is 3.37. The Labute approximate surface area is 120 Å². The first-order valence-electron chi connectivity index (χ1n) is 5.69.